The number of nitrogens with zero attached hydrogens (tertiary/aromatic N) is 1. The standard InChI is InChI=1S/C22H16F3NO3S/c1-14-6-12-17(13-7-14)30(28,29)26-20(18-4-2-3-5-19(18)21(26)27)15-8-10-16(11-9-15)22(23,24)25/h2-13,20H,1H3/t20-/m0/s1. The van der Waals surface area contributed by atoms with E-state index in [-0.39, 0.29) is 16.0 Å². The van der Waals surface area contributed by atoms with Crippen molar-refractivity contribution in [1.82, 2.24) is 4.31 Å². The zero-order valence-corrected chi connectivity index (χ0v) is 16.5. The molecule has 0 saturated heterocycles. The Hall–Kier alpha value is -3.13. The molecule has 0 bridgehead atoms. The predicted molar refractivity (Wildman–Crippen MR) is 104 cm³/mol. The lowest BCUT2D eigenvalue weighted by atomic mass is 9.97. The Bertz CT molecular complexity index is 1220. The van der Waals surface area contributed by atoms with Crippen molar-refractivity contribution in [2.24, 2.45) is 0 Å². The smallest absolute Gasteiger partial charge is 0.268 e. The van der Waals surface area contributed by atoms with Crippen LogP contribution < -0.4 is 0 Å². The summed E-state index contributed by atoms with van der Waals surface area (Å²) in [4.78, 5) is 13.0. The second-order valence-corrected chi connectivity index (χ2v) is 8.84. The summed E-state index contributed by atoms with van der Waals surface area (Å²) in [5, 5.41) is 0. The first-order chi connectivity index (χ1) is 14.1. The molecule has 154 valence electrons. The number of hydrogen-bond acceptors (Lipinski definition) is 3. The van der Waals surface area contributed by atoms with E-state index in [1.54, 1.807) is 37.3 Å². The van der Waals surface area contributed by atoms with Gasteiger partial charge in [0.1, 0.15) is 0 Å². The molecule has 0 N–H and O–H groups in total. The normalized spacial score (nSPS) is 16.6. The number of aryl methyl sites for hydroxylation is 1. The van der Waals surface area contributed by atoms with Crippen molar-refractivity contribution < 1.29 is 26.4 Å². The highest BCUT2D eigenvalue weighted by atomic mass is 32.2. The van der Waals surface area contributed by atoms with Crippen LogP contribution in [-0.4, -0.2) is 18.6 Å². The number of sulfonamides is 1. The van der Waals surface area contributed by atoms with Gasteiger partial charge in [-0.25, -0.2) is 12.7 Å². The summed E-state index contributed by atoms with van der Waals surface area (Å²) in [6.07, 6.45) is -4.52. The molecule has 4 rings (SSSR count). The summed E-state index contributed by atoms with van der Waals surface area (Å²) in [5.74, 6) is -0.712. The number of carbonyl (C=O) groups is 1. The van der Waals surface area contributed by atoms with Crippen molar-refractivity contribution in [2.75, 3.05) is 0 Å². The van der Waals surface area contributed by atoms with E-state index in [4.69, 9.17) is 0 Å². The SMILES string of the molecule is Cc1ccc(S(=O)(=O)N2C(=O)c3ccccc3[C@@H]2c2ccc(C(F)(F)F)cc2)cc1. The molecule has 30 heavy (non-hydrogen) atoms. The lowest BCUT2D eigenvalue weighted by Gasteiger charge is -2.25. The van der Waals surface area contributed by atoms with Gasteiger partial charge in [-0.05, 0) is 48.4 Å². The van der Waals surface area contributed by atoms with Crippen LogP contribution in [0.5, 0.6) is 0 Å². The summed E-state index contributed by atoms with van der Waals surface area (Å²) >= 11 is 0. The number of hydrogen-bond donors (Lipinski definition) is 0. The zero-order chi connectivity index (χ0) is 21.7. The highest BCUT2D eigenvalue weighted by molar-refractivity contribution is 7.89. The van der Waals surface area contributed by atoms with E-state index in [2.05, 4.69) is 0 Å². The number of fused-ring (bicyclic) bond motifs is 1. The topological polar surface area (TPSA) is 54.5 Å². The number of alkyl halides is 3. The van der Waals surface area contributed by atoms with Crippen molar-refractivity contribution in [3.63, 3.8) is 0 Å². The summed E-state index contributed by atoms with van der Waals surface area (Å²) in [7, 11) is -4.25. The van der Waals surface area contributed by atoms with E-state index >= 15 is 0 Å². The Labute approximate surface area is 171 Å². The molecule has 1 aliphatic heterocycles. The van der Waals surface area contributed by atoms with Gasteiger partial charge in [0.15, 0.2) is 0 Å². The Morgan fingerprint density at radius 1 is 0.867 bits per heavy atom. The summed E-state index contributed by atoms with van der Waals surface area (Å²) in [6.45, 7) is 1.80. The van der Waals surface area contributed by atoms with Gasteiger partial charge >= 0.3 is 6.18 Å². The van der Waals surface area contributed by atoms with Gasteiger partial charge in [-0.2, -0.15) is 13.2 Å². The number of carbonyl (C=O) groups excluding carboxylic acids is 1. The summed E-state index contributed by atoms with van der Waals surface area (Å²) in [5.41, 5.74) is 0.911. The maximum absolute atomic E-state index is 13.4. The van der Waals surface area contributed by atoms with Gasteiger partial charge in [-0.3, -0.25) is 4.79 Å². The van der Waals surface area contributed by atoms with Crippen LogP contribution in [0.25, 0.3) is 0 Å². The fraction of sp³-hybridized carbons (Fsp3) is 0.136. The van der Waals surface area contributed by atoms with E-state index in [1.807, 2.05) is 0 Å². The average Bonchev–Trinajstić information content (AvgIpc) is 3.01. The van der Waals surface area contributed by atoms with Crippen LogP contribution in [0, 0.1) is 6.92 Å². The van der Waals surface area contributed by atoms with Gasteiger partial charge in [0.2, 0.25) is 0 Å². The first-order valence-corrected chi connectivity index (χ1v) is 10.5. The predicted octanol–water partition coefficient (Wildman–Crippen LogP) is 4.95. The molecule has 0 saturated carbocycles. The van der Waals surface area contributed by atoms with Crippen LogP contribution in [0.15, 0.2) is 77.7 Å². The van der Waals surface area contributed by atoms with Gasteiger partial charge in [0.25, 0.3) is 15.9 Å². The lowest BCUT2D eigenvalue weighted by Crippen LogP contribution is -2.35. The third-order valence-electron chi connectivity index (χ3n) is 5.05. The zero-order valence-electron chi connectivity index (χ0n) is 15.7. The van der Waals surface area contributed by atoms with E-state index in [1.165, 1.54) is 30.3 Å². The van der Waals surface area contributed by atoms with Crippen LogP contribution in [0.3, 0.4) is 0 Å². The first kappa shape index (κ1) is 20.2. The molecular weight excluding hydrogens is 415 g/mol. The monoisotopic (exact) mass is 431 g/mol. The molecule has 0 unspecified atom stereocenters. The van der Waals surface area contributed by atoms with Gasteiger partial charge in [0.05, 0.1) is 16.5 Å². The van der Waals surface area contributed by atoms with E-state index < -0.39 is 33.7 Å². The number of amides is 1. The molecule has 0 radical (unpaired) electrons. The molecular formula is C22H16F3NO3S. The molecule has 0 fully saturated rings. The van der Waals surface area contributed by atoms with Crippen molar-refractivity contribution in [2.45, 2.75) is 24.0 Å². The van der Waals surface area contributed by atoms with Crippen molar-refractivity contribution >= 4 is 15.9 Å². The Morgan fingerprint density at radius 3 is 2.07 bits per heavy atom. The second-order valence-electron chi connectivity index (χ2n) is 7.03. The quantitative estimate of drug-likeness (QED) is 0.590. The van der Waals surface area contributed by atoms with E-state index in [9.17, 15) is 26.4 Å². The molecule has 0 aliphatic carbocycles. The van der Waals surface area contributed by atoms with Crippen LogP contribution in [0.4, 0.5) is 13.2 Å². The fourth-order valence-electron chi connectivity index (χ4n) is 3.53. The minimum absolute atomic E-state index is 0.0637. The Kier molecular flexibility index (Phi) is 4.69. The third-order valence-corrected chi connectivity index (χ3v) is 6.81. The fourth-order valence-corrected chi connectivity index (χ4v) is 5.07. The number of halogens is 3. The lowest BCUT2D eigenvalue weighted by molar-refractivity contribution is -0.137. The molecule has 1 aliphatic rings. The Morgan fingerprint density at radius 2 is 1.47 bits per heavy atom. The molecule has 0 spiro atoms. The van der Waals surface area contributed by atoms with E-state index in [0.29, 0.717) is 5.56 Å². The molecule has 1 atom stereocenters. The molecule has 8 heteroatoms. The summed E-state index contributed by atoms with van der Waals surface area (Å²) in [6, 6.07) is 15.6. The van der Waals surface area contributed by atoms with Gasteiger partial charge in [-0.15, -0.1) is 0 Å². The van der Waals surface area contributed by atoms with E-state index in [0.717, 1.165) is 22.0 Å². The number of rotatable bonds is 3. The van der Waals surface area contributed by atoms with Crippen molar-refractivity contribution in [1.29, 1.82) is 0 Å². The molecule has 3 aromatic rings. The molecule has 1 heterocycles. The van der Waals surface area contributed by atoms with Gasteiger partial charge < -0.3 is 0 Å². The molecule has 3 aromatic carbocycles. The van der Waals surface area contributed by atoms with Crippen LogP contribution in [0.2, 0.25) is 0 Å². The number of benzene rings is 3. The highest BCUT2D eigenvalue weighted by Crippen LogP contribution is 2.42. The second kappa shape index (κ2) is 6.98. The van der Waals surface area contributed by atoms with Crippen molar-refractivity contribution in [3.8, 4) is 0 Å². The van der Waals surface area contributed by atoms with Crippen LogP contribution in [0.1, 0.15) is 38.7 Å². The molecule has 1 amide bonds. The average molecular weight is 431 g/mol. The minimum Gasteiger partial charge on any atom is -0.268 e. The van der Waals surface area contributed by atoms with Crippen LogP contribution in [-0.2, 0) is 16.2 Å². The van der Waals surface area contributed by atoms with Gasteiger partial charge in [-0.1, -0.05) is 48.0 Å². The minimum atomic E-state index is -4.52. The maximum atomic E-state index is 13.4. The molecule has 0 aromatic heterocycles. The largest absolute Gasteiger partial charge is 0.416 e. The molecule has 4 nitrogen and oxygen atoms in total. The maximum Gasteiger partial charge on any atom is 0.416 e. The first-order valence-electron chi connectivity index (χ1n) is 9.02. The van der Waals surface area contributed by atoms with Crippen molar-refractivity contribution in [3.05, 3.63) is 101 Å². The third kappa shape index (κ3) is 3.27. The Balaban J connectivity index is 1.87. The highest BCUT2D eigenvalue weighted by Gasteiger charge is 2.45. The van der Waals surface area contributed by atoms with Crippen LogP contribution >= 0.6 is 0 Å². The van der Waals surface area contributed by atoms with Gasteiger partial charge in [0, 0.05) is 5.56 Å². The summed E-state index contributed by atoms with van der Waals surface area (Å²) < 4.78 is 66.3.